The van der Waals surface area contributed by atoms with Crippen molar-refractivity contribution in [3.8, 4) is 0 Å². The third-order valence-electron chi connectivity index (χ3n) is 5.47. The number of carbonyl (C=O) groups is 2. The second-order valence-electron chi connectivity index (χ2n) is 7.54. The summed E-state index contributed by atoms with van der Waals surface area (Å²) < 4.78 is 4.79. The first kappa shape index (κ1) is 21.0. The van der Waals surface area contributed by atoms with Crippen LogP contribution in [0.1, 0.15) is 27.0 Å². The van der Waals surface area contributed by atoms with Crippen LogP contribution in [0.2, 0.25) is 0 Å². The van der Waals surface area contributed by atoms with Crippen molar-refractivity contribution in [3.05, 3.63) is 64.7 Å². The van der Waals surface area contributed by atoms with Crippen LogP contribution in [0.5, 0.6) is 0 Å². The van der Waals surface area contributed by atoms with Gasteiger partial charge in [-0.3, -0.25) is 14.6 Å². The van der Waals surface area contributed by atoms with Crippen molar-refractivity contribution in [2.75, 3.05) is 45.2 Å². The maximum Gasteiger partial charge on any atom is 0.337 e. The predicted molar refractivity (Wildman–Crippen MR) is 114 cm³/mol. The van der Waals surface area contributed by atoms with Crippen LogP contribution in [-0.4, -0.2) is 61.5 Å². The molecule has 1 fully saturated rings. The van der Waals surface area contributed by atoms with E-state index in [4.69, 9.17) is 4.74 Å². The largest absolute Gasteiger partial charge is 0.465 e. The van der Waals surface area contributed by atoms with Crippen LogP contribution in [0, 0.1) is 13.8 Å². The number of hydrogen-bond donors (Lipinski definition) is 1. The number of benzene rings is 2. The van der Waals surface area contributed by atoms with Gasteiger partial charge in [-0.1, -0.05) is 24.3 Å². The minimum absolute atomic E-state index is 0.0259. The standard InChI is InChI=1S/C23H29N3O3/c1-17-6-4-9-21(18(17)2)24-22(27)16-26-12-10-25(11-13-26)15-19-7-5-8-20(14-19)23(28)29-3/h4-9,14H,10-13,15-16H2,1-3H3,(H,24,27). The number of amides is 1. The molecule has 29 heavy (non-hydrogen) atoms. The first-order valence-electron chi connectivity index (χ1n) is 9.94. The van der Waals surface area contributed by atoms with Crippen LogP contribution < -0.4 is 5.32 Å². The van der Waals surface area contributed by atoms with Crippen molar-refractivity contribution in [1.29, 1.82) is 0 Å². The zero-order chi connectivity index (χ0) is 20.8. The fourth-order valence-electron chi connectivity index (χ4n) is 3.56. The number of rotatable bonds is 6. The summed E-state index contributed by atoms with van der Waals surface area (Å²) in [6.07, 6.45) is 0. The third kappa shape index (κ3) is 5.65. The monoisotopic (exact) mass is 395 g/mol. The van der Waals surface area contributed by atoms with Crippen LogP contribution in [0.3, 0.4) is 0 Å². The smallest absolute Gasteiger partial charge is 0.337 e. The van der Waals surface area contributed by atoms with E-state index in [1.165, 1.54) is 12.7 Å². The molecule has 1 aliphatic rings. The molecular weight excluding hydrogens is 366 g/mol. The molecule has 0 radical (unpaired) electrons. The molecule has 1 amide bonds. The molecule has 0 bridgehead atoms. The van der Waals surface area contributed by atoms with E-state index in [0.717, 1.165) is 49.5 Å². The number of carbonyl (C=O) groups excluding carboxylic acids is 2. The third-order valence-corrected chi connectivity index (χ3v) is 5.47. The molecular formula is C23H29N3O3. The molecule has 1 heterocycles. The van der Waals surface area contributed by atoms with Gasteiger partial charge in [-0.2, -0.15) is 0 Å². The minimum atomic E-state index is -0.313. The Hall–Kier alpha value is -2.70. The summed E-state index contributed by atoms with van der Waals surface area (Å²) >= 11 is 0. The second kappa shape index (κ2) is 9.67. The van der Waals surface area contributed by atoms with Gasteiger partial charge in [0.2, 0.25) is 5.91 Å². The van der Waals surface area contributed by atoms with Gasteiger partial charge in [0.15, 0.2) is 0 Å². The van der Waals surface area contributed by atoms with Gasteiger partial charge in [-0.25, -0.2) is 4.79 Å². The van der Waals surface area contributed by atoms with Crippen LogP contribution in [0.15, 0.2) is 42.5 Å². The lowest BCUT2D eigenvalue weighted by molar-refractivity contribution is -0.117. The van der Waals surface area contributed by atoms with E-state index in [9.17, 15) is 9.59 Å². The average molecular weight is 396 g/mol. The zero-order valence-electron chi connectivity index (χ0n) is 17.4. The lowest BCUT2D eigenvalue weighted by Gasteiger charge is -2.34. The first-order chi connectivity index (χ1) is 14.0. The fraction of sp³-hybridized carbons (Fsp3) is 0.391. The van der Waals surface area contributed by atoms with Crippen LogP contribution >= 0.6 is 0 Å². The summed E-state index contributed by atoms with van der Waals surface area (Å²) in [5.74, 6) is -0.288. The molecule has 1 saturated heterocycles. The minimum Gasteiger partial charge on any atom is -0.465 e. The molecule has 1 aliphatic heterocycles. The van der Waals surface area contributed by atoms with Gasteiger partial charge in [0.05, 0.1) is 19.2 Å². The van der Waals surface area contributed by atoms with E-state index in [1.54, 1.807) is 6.07 Å². The summed E-state index contributed by atoms with van der Waals surface area (Å²) in [6.45, 7) is 8.72. The number of nitrogens with one attached hydrogen (secondary N) is 1. The first-order valence-corrected chi connectivity index (χ1v) is 9.94. The highest BCUT2D eigenvalue weighted by Crippen LogP contribution is 2.18. The molecule has 154 valence electrons. The van der Waals surface area contributed by atoms with E-state index < -0.39 is 0 Å². The summed E-state index contributed by atoms with van der Waals surface area (Å²) in [7, 11) is 1.39. The Morgan fingerprint density at radius 2 is 1.69 bits per heavy atom. The summed E-state index contributed by atoms with van der Waals surface area (Å²) in [4.78, 5) is 28.7. The Morgan fingerprint density at radius 1 is 1.00 bits per heavy atom. The lowest BCUT2D eigenvalue weighted by atomic mass is 10.1. The maximum atomic E-state index is 12.4. The quantitative estimate of drug-likeness (QED) is 0.762. The number of anilines is 1. The van der Waals surface area contributed by atoms with Crippen molar-refractivity contribution in [2.45, 2.75) is 20.4 Å². The molecule has 2 aromatic carbocycles. The zero-order valence-corrected chi connectivity index (χ0v) is 17.4. The van der Waals surface area contributed by atoms with Crippen LogP contribution in [0.25, 0.3) is 0 Å². The van der Waals surface area contributed by atoms with Crippen molar-refractivity contribution >= 4 is 17.6 Å². The van der Waals surface area contributed by atoms with Crippen LogP contribution in [0.4, 0.5) is 5.69 Å². The van der Waals surface area contributed by atoms with Crippen molar-refractivity contribution < 1.29 is 14.3 Å². The molecule has 3 rings (SSSR count). The predicted octanol–water partition coefficient (Wildman–Crippen LogP) is 2.85. The van der Waals surface area contributed by atoms with Gasteiger partial charge in [-0.05, 0) is 48.7 Å². The molecule has 0 unspecified atom stereocenters. The Labute approximate surface area is 172 Å². The molecule has 0 atom stereocenters. The summed E-state index contributed by atoms with van der Waals surface area (Å²) in [5.41, 5.74) is 4.84. The Bertz CT molecular complexity index is 873. The number of piperazine rings is 1. The fourth-order valence-corrected chi connectivity index (χ4v) is 3.56. The van der Waals surface area contributed by atoms with Crippen molar-refractivity contribution in [2.24, 2.45) is 0 Å². The topological polar surface area (TPSA) is 61.9 Å². The Balaban J connectivity index is 1.47. The van der Waals surface area contributed by atoms with Crippen molar-refractivity contribution in [3.63, 3.8) is 0 Å². The molecule has 0 aromatic heterocycles. The van der Waals surface area contributed by atoms with Crippen LogP contribution in [-0.2, 0) is 16.1 Å². The average Bonchev–Trinajstić information content (AvgIpc) is 2.72. The molecule has 6 nitrogen and oxygen atoms in total. The molecule has 6 heteroatoms. The van der Waals surface area contributed by atoms with Gasteiger partial charge < -0.3 is 10.1 Å². The Morgan fingerprint density at radius 3 is 2.41 bits per heavy atom. The highest BCUT2D eigenvalue weighted by atomic mass is 16.5. The summed E-state index contributed by atoms with van der Waals surface area (Å²) in [6, 6.07) is 13.5. The van der Waals surface area contributed by atoms with E-state index in [-0.39, 0.29) is 11.9 Å². The van der Waals surface area contributed by atoms with Gasteiger partial charge in [0.25, 0.3) is 0 Å². The maximum absolute atomic E-state index is 12.4. The highest BCUT2D eigenvalue weighted by Gasteiger charge is 2.19. The van der Waals surface area contributed by atoms with Gasteiger partial charge in [-0.15, -0.1) is 0 Å². The molecule has 2 aromatic rings. The molecule has 1 N–H and O–H groups in total. The van der Waals surface area contributed by atoms with Gasteiger partial charge in [0.1, 0.15) is 0 Å². The number of nitrogens with zero attached hydrogens (tertiary/aromatic N) is 2. The molecule has 0 saturated carbocycles. The summed E-state index contributed by atoms with van der Waals surface area (Å²) in [5, 5.41) is 3.03. The normalized spacial score (nSPS) is 15.1. The number of methoxy groups -OCH3 is 1. The van der Waals surface area contributed by atoms with E-state index >= 15 is 0 Å². The molecule has 0 aliphatic carbocycles. The highest BCUT2D eigenvalue weighted by molar-refractivity contribution is 5.93. The van der Waals surface area contributed by atoms with E-state index in [0.29, 0.717) is 12.1 Å². The number of ether oxygens (including phenoxy) is 1. The number of esters is 1. The number of hydrogen-bond acceptors (Lipinski definition) is 5. The second-order valence-corrected chi connectivity index (χ2v) is 7.54. The number of aryl methyl sites for hydroxylation is 1. The molecule has 0 spiro atoms. The van der Waals surface area contributed by atoms with E-state index in [2.05, 4.69) is 15.1 Å². The van der Waals surface area contributed by atoms with Gasteiger partial charge >= 0.3 is 5.97 Å². The van der Waals surface area contributed by atoms with Gasteiger partial charge in [0, 0.05) is 38.4 Å². The lowest BCUT2D eigenvalue weighted by Crippen LogP contribution is -2.48. The van der Waals surface area contributed by atoms with Crippen molar-refractivity contribution in [1.82, 2.24) is 9.80 Å². The van der Waals surface area contributed by atoms with E-state index in [1.807, 2.05) is 50.2 Å². The Kier molecular flexibility index (Phi) is 7.01. The SMILES string of the molecule is COC(=O)c1cccc(CN2CCN(CC(=O)Nc3cccc(C)c3C)CC2)c1.